The van der Waals surface area contributed by atoms with Crippen molar-refractivity contribution in [2.24, 2.45) is 0 Å². The number of nitrogens with zero attached hydrogens (tertiary/aromatic N) is 1. The average molecular weight is 267 g/mol. The molecular weight excluding hydrogens is 254 g/mol. The molecule has 2 N–H and O–H groups in total. The summed E-state index contributed by atoms with van der Waals surface area (Å²) in [7, 11) is 0. The third-order valence-corrected chi connectivity index (χ3v) is 3.82. The van der Waals surface area contributed by atoms with Gasteiger partial charge in [0.1, 0.15) is 6.04 Å². The van der Waals surface area contributed by atoms with Crippen LogP contribution in [0.5, 0.6) is 0 Å². The highest BCUT2D eigenvalue weighted by Gasteiger charge is 2.34. The number of aliphatic carboxylic acids is 1. The Balaban J connectivity index is 2.17. The summed E-state index contributed by atoms with van der Waals surface area (Å²) in [5.74, 6) is -0.426. The summed E-state index contributed by atoms with van der Waals surface area (Å²) in [4.78, 5) is 24.5. The SMILES string of the molecule is O=C(O)[C@@H]1CSCN1C(=O)c1ccc(CO)cc1. The molecule has 0 spiro atoms. The smallest absolute Gasteiger partial charge is 0.327 e. The fourth-order valence-electron chi connectivity index (χ4n) is 1.77. The van der Waals surface area contributed by atoms with Crippen molar-refractivity contribution in [2.45, 2.75) is 12.6 Å². The van der Waals surface area contributed by atoms with Crippen molar-refractivity contribution < 1.29 is 19.8 Å². The van der Waals surface area contributed by atoms with E-state index in [1.165, 1.54) is 16.7 Å². The minimum absolute atomic E-state index is 0.0776. The van der Waals surface area contributed by atoms with E-state index in [-0.39, 0.29) is 12.5 Å². The van der Waals surface area contributed by atoms with Gasteiger partial charge in [0.2, 0.25) is 0 Å². The maximum absolute atomic E-state index is 12.1. The number of carboxylic acids is 1. The second-order valence-electron chi connectivity index (χ2n) is 3.98. The molecule has 0 aliphatic carbocycles. The Morgan fingerprint density at radius 2 is 2.00 bits per heavy atom. The largest absolute Gasteiger partial charge is 0.480 e. The fraction of sp³-hybridized carbons (Fsp3) is 0.333. The lowest BCUT2D eigenvalue weighted by Gasteiger charge is -2.20. The zero-order valence-electron chi connectivity index (χ0n) is 9.57. The molecule has 6 heteroatoms. The van der Waals surface area contributed by atoms with Crippen LogP contribution in [0.15, 0.2) is 24.3 Å². The van der Waals surface area contributed by atoms with Crippen LogP contribution in [0.4, 0.5) is 0 Å². The molecule has 1 aromatic rings. The molecular formula is C12H13NO4S. The molecule has 1 aromatic carbocycles. The maximum atomic E-state index is 12.1. The van der Waals surface area contributed by atoms with Gasteiger partial charge >= 0.3 is 5.97 Å². The Labute approximate surface area is 108 Å². The molecule has 1 aliphatic heterocycles. The first-order chi connectivity index (χ1) is 8.63. The van der Waals surface area contributed by atoms with Crippen molar-refractivity contribution in [2.75, 3.05) is 11.6 Å². The highest BCUT2D eigenvalue weighted by atomic mass is 32.2. The standard InChI is InChI=1S/C12H13NO4S/c14-5-8-1-3-9(4-2-8)11(15)13-7-18-6-10(13)12(16)17/h1-4,10,14H,5-7H2,(H,16,17)/t10-/m0/s1. The number of amides is 1. The Morgan fingerprint density at radius 3 is 2.56 bits per heavy atom. The quantitative estimate of drug-likeness (QED) is 0.846. The van der Waals surface area contributed by atoms with Gasteiger partial charge in [0.15, 0.2) is 0 Å². The third kappa shape index (κ3) is 2.49. The normalized spacial score (nSPS) is 18.9. The molecule has 1 fully saturated rings. The van der Waals surface area contributed by atoms with Gasteiger partial charge in [-0.05, 0) is 17.7 Å². The minimum atomic E-state index is -0.972. The predicted molar refractivity (Wildman–Crippen MR) is 67.3 cm³/mol. The molecule has 1 amide bonds. The zero-order valence-corrected chi connectivity index (χ0v) is 10.4. The average Bonchev–Trinajstić information content (AvgIpc) is 2.87. The highest BCUT2D eigenvalue weighted by Crippen LogP contribution is 2.23. The number of thioether (sulfide) groups is 1. The van der Waals surface area contributed by atoms with E-state index in [1.807, 2.05) is 0 Å². The van der Waals surface area contributed by atoms with E-state index in [9.17, 15) is 9.59 Å². The second kappa shape index (κ2) is 5.41. The third-order valence-electron chi connectivity index (χ3n) is 2.81. The molecule has 2 rings (SSSR count). The molecule has 0 unspecified atom stereocenters. The number of hydrogen-bond donors (Lipinski definition) is 2. The molecule has 1 aliphatic rings. The van der Waals surface area contributed by atoms with Crippen LogP contribution < -0.4 is 0 Å². The van der Waals surface area contributed by atoms with Crippen LogP contribution in [0, 0.1) is 0 Å². The van der Waals surface area contributed by atoms with E-state index < -0.39 is 12.0 Å². The first kappa shape index (κ1) is 12.9. The minimum Gasteiger partial charge on any atom is -0.480 e. The van der Waals surface area contributed by atoms with E-state index in [0.717, 1.165) is 5.56 Å². The summed E-state index contributed by atoms with van der Waals surface area (Å²) >= 11 is 1.43. The monoisotopic (exact) mass is 267 g/mol. The lowest BCUT2D eigenvalue weighted by molar-refractivity contribution is -0.140. The van der Waals surface area contributed by atoms with E-state index >= 15 is 0 Å². The van der Waals surface area contributed by atoms with Crippen LogP contribution in [-0.4, -0.2) is 44.7 Å². The van der Waals surface area contributed by atoms with Gasteiger partial charge in [0, 0.05) is 11.3 Å². The Hall–Kier alpha value is -1.53. The second-order valence-corrected chi connectivity index (χ2v) is 4.98. The van der Waals surface area contributed by atoms with E-state index in [2.05, 4.69) is 0 Å². The van der Waals surface area contributed by atoms with Gasteiger partial charge in [-0.2, -0.15) is 0 Å². The highest BCUT2D eigenvalue weighted by molar-refractivity contribution is 7.99. The van der Waals surface area contributed by atoms with Gasteiger partial charge < -0.3 is 15.1 Å². The van der Waals surface area contributed by atoms with Gasteiger partial charge in [-0.15, -0.1) is 11.8 Å². The predicted octanol–water partition coefficient (Wildman–Crippen LogP) is 0.779. The Kier molecular flexibility index (Phi) is 3.88. The summed E-state index contributed by atoms with van der Waals surface area (Å²) in [6, 6.07) is 5.78. The topological polar surface area (TPSA) is 77.8 Å². The number of aliphatic hydroxyl groups excluding tert-OH is 1. The van der Waals surface area contributed by atoms with Crippen molar-refractivity contribution in [1.82, 2.24) is 4.90 Å². The van der Waals surface area contributed by atoms with Crippen molar-refractivity contribution in [3.8, 4) is 0 Å². The van der Waals surface area contributed by atoms with Crippen molar-refractivity contribution in [3.05, 3.63) is 35.4 Å². The van der Waals surface area contributed by atoms with Gasteiger partial charge in [0.05, 0.1) is 12.5 Å². The first-order valence-electron chi connectivity index (χ1n) is 5.45. The van der Waals surface area contributed by atoms with Crippen LogP contribution in [-0.2, 0) is 11.4 Å². The summed E-state index contributed by atoms with van der Waals surface area (Å²) in [5, 5.41) is 17.9. The van der Waals surface area contributed by atoms with Crippen LogP contribution >= 0.6 is 11.8 Å². The fourth-order valence-corrected chi connectivity index (χ4v) is 2.91. The first-order valence-corrected chi connectivity index (χ1v) is 6.60. The molecule has 1 atom stereocenters. The molecule has 1 saturated heterocycles. The molecule has 0 radical (unpaired) electrons. The number of hydrogen-bond acceptors (Lipinski definition) is 4. The molecule has 5 nitrogen and oxygen atoms in total. The van der Waals surface area contributed by atoms with Crippen molar-refractivity contribution >= 4 is 23.6 Å². The molecule has 0 bridgehead atoms. The molecule has 1 heterocycles. The summed E-state index contributed by atoms with van der Waals surface area (Å²) in [6.07, 6.45) is 0. The van der Waals surface area contributed by atoms with E-state index in [4.69, 9.17) is 10.2 Å². The van der Waals surface area contributed by atoms with Crippen LogP contribution in [0.1, 0.15) is 15.9 Å². The maximum Gasteiger partial charge on any atom is 0.327 e. The zero-order chi connectivity index (χ0) is 13.1. The van der Waals surface area contributed by atoms with Gasteiger partial charge in [0.25, 0.3) is 5.91 Å². The number of rotatable bonds is 3. The van der Waals surface area contributed by atoms with Gasteiger partial charge in [-0.25, -0.2) is 4.79 Å². The number of carbonyl (C=O) groups is 2. The van der Waals surface area contributed by atoms with Gasteiger partial charge in [-0.1, -0.05) is 12.1 Å². The number of carboxylic acid groups (broad SMARTS) is 1. The van der Waals surface area contributed by atoms with Crippen molar-refractivity contribution in [3.63, 3.8) is 0 Å². The number of carbonyl (C=O) groups excluding carboxylic acids is 1. The van der Waals surface area contributed by atoms with E-state index in [0.29, 0.717) is 17.2 Å². The molecule has 18 heavy (non-hydrogen) atoms. The Morgan fingerprint density at radius 1 is 1.33 bits per heavy atom. The molecule has 96 valence electrons. The number of aliphatic hydroxyl groups is 1. The number of benzene rings is 1. The lowest BCUT2D eigenvalue weighted by Crippen LogP contribution is -2.41. The summed E-state index contributed by atoms with van der Waals surface area (Å²) in [5.41, 5.74) is 1.16. The van der Waals surface area contributed by atoms with Crippen LogP contribution in [0.2, 0.25) is 0 Å². The van der Waals surface area contributed by atoms with Crippen molar-refractivity contribution in [1.29, 1.82) is 0 Å². The van der Waals surface area contributed by atoms with E-state index in [1.54, 1.807) is 24.3 Å². The lowest BCUT2D eigenvalue weighted by atomic mass is 10.1. The van der Waals surface area contributed by atoms with Crippen LogP contribution in [0.3, 0.4) is 0 Å². The Bertz CT molecular complexity index is 460. The summed E-state index contributed by atoms with van der Waals surface area (Å²) in [6.45, 7) is -0.0776. The molecule has 0 aromatic heterocycles. The molecule has 0 saturated carbocycles. The summed E-state index contributed by atoms with van der Waals surface area (Å²) < 4.78 is 0. The van der Waals surface area contributed by atoms with Gasteiger partial charge in [-0.3, -0.25) is 4.79 Å². The van der Waals surface area contributed by atoms with Crippen LogP contribution in [0.25, 0.3) is 0 Å².